The number of methoxy groups -OCH3 is 1. The molecule has 1 heterocycles. The van der Waals surface area contributed by atoms with Gasteiger partial charge in [0.25, 0.3) is 5.91 Å². The molecule has 1 amide bonds. The van der Waals surface area contributed by atoms with Crippen molar-refractivity contribution in [1.82, 2.24) is 0 Å². The van der Waals surface area contributed by atoms with E-state index in [1.165, 1.54) is 37.5 Å². The predicted molar refractivity (Wildman–Crippen MR) is 136 cm³/mol. The fourth-order valence-electron chi connectivity index (χ4n) is 3.37. The predicted octanol–water partition coefficient (Wildman–Crippen LogP) is 5.97. The lowest BCUT2D eigenvalue weighted by molar-refractivity contribution is -0.385. The van der Waals surface area contributed by atoms with Gasteiger partial charge in [-0.25, -0.2) is 8.42 Å². The molecule has 0 aromatic heterocycles. The summed E-state index contributed by atoms with van der Waals surface area (Å²) >= 11 is 13.4. The minimum atomic E-state index is -3.81. The van der Waals surface area contributed by atoms with Gasteiger partial charge in [0.05, 0.1) is 33.3 Å². The second-order valence-corrected chi connectivity index (χ2v) is 11.3. The summed E-state index contributed by atoms with van der Waals surface area (Å²) in [4.78, 5) is 24.3. The van der Waals surface area contributed by atoms with Crippen molar-refractivity contribution in [1.29, 1.82) is 0 Å². The largest absolute Gasteiger partial charge is 0.490 e. The number of halogens is 2. The van der Waals surface area contributed by atoms with Crippen molar-refractivity contribution in [2.45, 2.75) is 15.5 Å². The summed E-state index contributed by atoms with van der Waals surface area (Å²) in [6, 6.07) is 13.5. The van der Waals surface area contributed by atoms with Crippen molar-refractivity contribution in [3.05, 3.63) is 90.8 Å². The van der Waals surface area contributed by atoms with Crippen molar-refractivity contribution in [2.75, 3.05) is 12.4 Å². The number of nitrogens with one attached hydrogen (secondary N) is 1. The molecule has 8 nitrogen and oxygen atoms in total. The lowest BCUT2D eigenvalue weighted by Crippen LogP contribution is -2.18. The van der Waals surface area contributed by atoms with Gasteiger partial charge in [-0.1, -0.05) is 47.1 Å². The molecule has 4 rings (SSSR count). The Hall–Kier alpha value is -3.05. The molecule has 1 aliphatic rings. The normalized spacial score (nSPS) is 14.4. The van der Waals surface area contributed by atoms with Crippen LogP contribution in [0.4, 0.5) is 11.4 Å². The highest BCUT2D eigenvalue weighted by atomic mass is 35.5. The lowest BCUT2D eigenvalue weighted by Gasteiger charge is -2.19. The Kier molecular flexibility index (Phi) is 7.09. The number of fused-ring (bicyclic) bond motifs is 1. The van der Waals surface area contributed by atoms with Crippen LogP contribution in [0, 0.1) is 10.1 Å². The van der Waals surface area contributed by atoms with Gasteiger partial charge < -0.3 is 10.1 Å². The first kappa shape index (κ1) is 25.1. The Morgan fingerprint density at radius 1 is 1.11 bits per heavy atom. The van der Waals surface area contributed by atoms with Crippen molar-refractivity contribution in [3.8, 4) is 5.75 Å². The van der Waals surface area contributed by atoms with Crippen molar-refractivity contribution in [2.24, 2.45) is 0 Å². The van der Waals surface area contributed by atoms with Crippen molar-refractivity contribution in [3.63, 3.8) is 0 Å². The second-order valence-electron chi connectivity index (χ2n) is 7.37. The molecule has 0 saturated heterocycles. The van der Waals surface area contributed by atoms with Gasteiger partial charge in [0.1, 0.15) is 0 Å². The van der Waals surface area contributed by atoms with E-state index < -0.39 is 26.4 Å². The first-order valence-electron chi connectivity index (χ1n) is 9.92. The van der Waals surface area contributed by atoms with Gasteiger partial charge in [-0.3, -0.25) is 14.9 Å². The topological polar surface area (TPSA) is 116 Å². The molecule has 0 radical (unpaired) electrons. The molecule has 180 valence electrons. The zero-order valence-corrected chi connectivity index (χ0v) is 21.1. The van der Waals surface area contributed by atoms with E-state index in [4.69, 9.17) is 27.9 Å². The fourth-order valence-corrected chi connectivity index (χ4v) is 6.42. The van der Waals surface area contributed by atoms with Crippen LogP contribution in [0.1, 0.15) is 11.1 Å². The number of nitrogens with zero attached hydrogens (tertiary/aromatic N) is 1. The molecule has 0 unspecified atom stereocenters. The number of hydrogen-bond donors (Lipinski definition) is 1. The smallest absolute Gasteiger partial charge is 0.311 e. The number of benzene rings is 3. The Balaban J connectivity index is 1.62. The quantitative estimate of drug-likeness (QED) is 0.228. The number of ether oxygens (including phenoxy) is 1. The maximum Gasteiger partial charge on any atom is 0.311 e. The average molecular weight is 551 g/mol. The molecular weight excluding hydrogens is 535 g/mol. The van der Waals surface area contributed by atoms with E-state index in [0.717, 1.165) is 11.8 Å². The van der Waals surface area contributed by atoms with Gasteiger partial charge in [0.15, 0.2) is 15.6 Å². The highest BCUT2D eigenvalue weighted by Crippen LogP contribution is 2.41. The molecule has 3 aromatic carbocycles. The summed E-state index contributed by atoms with van der Waals surface area (Å²) < 4.78 is 31.0. The summed E-state index contributed by atoms with van der Waals surface area (Å²) in [6.45, 7) is 0. The maximum absolute atomic E-state index is 13.0. The molecule has 0 atom stereocenters. The molecular formula is C23H16Cl2N2O6S2. The summed E-state index contributed by atoms with van der Waals surface area (Å²) in [7, 11) is -2.48. The average Bonchev–Trinajstić information content (AvgIpc) is 2.81. The van der Waals surface area contributed by atoms with Crippen LogP contribution in [0.25, 0.3) is 6.08 Å². The minimum absolute atomic E-state index is 0.00588. The molecule has 0 saturated carbocycles. The number of rotatable bonds is 6. The van der Waals surface area contributed by atoms with E-state index in [2.05, 4.69) is 5.32 Å². The third kappa shape index (κ3) is 5.30. The SMILES string of the molecule is COc1ccc(/C=C2/Sc3ccc(S(=O)(=O)Cc4c(Cl)cccc4Cl)cc3NC2=O)cc1[N+](=O)[O-]. The maximum atomic E-state index is 13.0. The molecule has 12 heteroatoms. The third-order valence-electron chi connectivity index (χ3n) is 5.10. The van der Waals surface area contributed by atoms with Crippen LogP contribution in [0.3, 0.4) is 0 Å². The van der Waals surface area contributed by atoms with Gasteiger partial charge in [-0.05, 0) is 48.0 Å². The number of anilines is 1. The monoisotopic (exact) mass is 550 g/mol. The van der Waals surface area contributed by atoms with Gasteiger partial charge in [-0.15, -0.1) is 0 Å². The van der Waals surface area contributed by atoms with E-state index in [1.807, 2.05) is 0 Å². The number of thioether (sulfide) groups is 1. The molecule has 0 aliphatic carbocycles. The highest BCUT2D eigenvalue weighted by molar-refractivity contribution is 8.04. The van der Waals surface area contributed by atoms with E-state index in [0.29, 0.717) is 21.7 Å². The Morgan fingerprint density at radius 3 is 2.49 bits per heavy atom. The van der Waals surface area contributed by atoms with Gasteiger partial charge in [0.2, 0.25) is 0 Å². The van der Waals surface area contributed by atoms with Gasteiger partial charge in [0, 0.05) is 26.6 Å². The number of carbonyl (C=O) groups excluding carboxylic acids is 1. The molecule has 35 heavy (non-hydrogen) atoms. The summed E-state index contributed by atoms with van der Waals surface area (Å²) in [5, 5.41) is 14.5. The fraction of sp³-hybridized carbons (Fsp3) is 0.0870. The number of nitro benzene ring substituents is 1. The molecule has 1 aliphatic heterocycles. The Bertz CT molecular complexity index is 1490. The number of carbonyl (C=O) groups is 1. The van der Waals surface area contributed by atoms with E-state index in [9.17, 15) is 23.3 Å². The third-order valence-corrected chi connectivity index (χ3v) is 8.54. The van der Waals surface area contributed by atoms with Crippen LogP contribution >= 0.6 is 35.0 Å². The Labute approximate surface area is 215 Å². The number of amides is 1. The summed E-state index contributed by atoms with van der Waals surface area (Å²) in [5.74, 6) is -0.757. The molecule has 0 fully saturated rings. The van der Waals surface area contributed by atoms with Gasteiger partial charge >= 0.3 is 5.69 Å². The van der Waals surface area contributed by atoms with Crippen molar-refractivity contribution < 1.29 is 22.9 Å². The molecule has 1 N–H and O–H groups in total. The lowest BCUT2D eigenvalue weighted by atomic mass is 10.1. The number of nitro groups is 1. The summed E-state index contributed by atoms with van der Waals surface area (Å²) in [5.41, 5.74) is 0.848. The van der Waals surface area contributed by atoms with Crippen molar-refractivity contribution >= 4 is 68.2 Å². The van der Waals surface area contributed by atoms with Crippen LogP contribution < -0.4 is 10.1 Å². The number of sulfone groups is 1. The number of hydrogen-bond acceptors (Lipinski definition) is 7. The standard InChI is InChI=1S/C23H16Cl2N2O6S2/c1-33-20-7-5-13(9-19(20)27(29)30)10-22-23(28)26-18-11-14(6-8-21(18)34-22)35(31,32)12-15-16(24)3-2-4-17(15)25/h2-11H,12H2,1H3,(H,26,28)/b22-10+. The van der Waals surface area contributed by atoms with E-state index in [-0.39, 0.29) is 31.3 Å². The highest BCUT2D eigenvalue weighted by Gasteiger charge is 2.25. The second kappa shape index (κ2) is 9.90. The zero-order chi connectivity index (χ0) is 25.3. The van der Waals surface area contributed by atoms with Crippen LogP contribution in [0.2, 0.25) is 10.0 Å². The molecule has 0 bridgehead atoms. The van der Waals surface area contributed by atoms with Crippen LogP contribution in [0.15, 0.2) is 69.3 Å². The minimum Gasteiger partial charge on any atom is -0.490 e. The summed E-state index contributed by atoms with van der Waals surface area (Å²) in [6.07, 6.45) is 1.51. The van der Waals surface area contributed by atoms with E-state index >= 15 is 0 Å². The first-order valence-corrected chi connectivity index (χ1v) is 13.1. The van der Waals surface area contributed by atoms with E-state index in [1.54, 1.807) is 30.3 Å². The molecule has 3 aromatic rings. The van der Waals surface area contributed by atoms with Gasteiger partial charge in [-0.2, -0.15) is 0 Å². The zero-order valence-electron chi connectivity index (χ0n) is 17.9. The van der Waals surface area contributed by atoms with Crippen LogP contribution in [-0.2, 0) is 20.4 Å². The van der Waals surface area contributed by atoms with Crippen LogP contribution in [0.5, 0.6) is 5.75 Å². The van der Waals surface area contributed by atoms with Crippen LogP contribution in [-0.4, -0.2) is 26.4 Å². The first-order chi connectivity index (χ1) is 16.6. The Morgan fingerprint density at radius 2 is 1.83 bits per heavy atom. The molecule has 0 spiro atoms.